The van der Waals surface area contributed by atoms with Crippen LogP contribution in [0.5, 0.6) is 0 Å². The predicted molar refractivity (Wildman–Crippen MR) is 62.8 cm³/mol. The molecule has 0 unspecified atom stereocenters. The SMILES string of the molecule is CCc1ccc[cH-]1.CCc1ccc[cH-]1.[Co+2]. The minimum Gasteiger partial charge on any atom is -0.213 e. The van der Waals surface area contributed by atoms with Crippen molar-refractivity contribution >= 4 is 0 Å². The zero-order valence-corrected chi connectivity index (χ0v) is 10.4. The number of hydrogen-bond donors (Lipinski definition) is 0. The predicted octanol–water partition coefficient (Wildman–Crippen LogP) is 3.93. The van der Waals surface area contributed by atoms with Gasteiger partial charge in [0.1, 0.15) is 0 Å². The van der Waals surface area contributed by atoms with Crippen molar-refractivity contribution in [1.82, 2.24) is 0 Å². The molecule has 15 heavy (non-hydrogen) atoms. The van der Waals surface area contributed by atoms with Gasteiger partial charge in [0.25, 0.3) is 0 Å². The summed E-state index contributed by atoms with van der Waals surface area (Å²) in [6, 6.07) is 16.8. The molecule has 0 atom stereocenters. The maximum atomic E-state index is 2.16. The van der Waals surface area contributed by atoms with E-state index in [0.29, 0.717) is 0 Å². The van der Waals surface area contributed by atoms with Gasteiger partial charge in [-0.05, 0) is 0 Å². The van der Waals surface area contributed by atoms with Crippen molar-refractivity contribution in [3.05, 3.63) is 59.7 Å². The van der Waals surface area contributed by atoms with Crippen molar-refractivity contribution in [3.8, 4) is 0 Å². The minimum absolute atomic E-state index is 0. The Morgan fingerprint density at radius 2 is 1.27 bits per heavy atom. The Labute approximate surface area is 103 Å². The molecule has 0 bridgehead atoms. The van der Waals surface area contributed by atoms with Crippen molar-refractivity contribution in [2.24, 2.45) is 0 Å². The monoisotopic (exact) mass is 245 g/mol. The smallest absolute Gasteiger partial charge is 0.213 e. The van der Waals surface area contributed by atoms with Gasteiger partial charge in [-0.2, -0.15) is 35.4 Å². The van der Waals surface area contributed by atoms with Gasteiger partial charge in [0.05, 0.1) is 0 Å². The van der Waals surface area contributed by atoms with Crippen LogP contribution in [0.1, 0.15) is 25.0 Å². The maximum absolute atomic E-state index is 2.16. The van der Waals surface area contributed by atoms with E-state index in [0.717, 1.165) is 12.8 Å². The first kappa shape index (κ1) is 14.2. The molecule has 0 aromatic heterocycles. The first-order valence-corrected chi connectivity index (χ1v) is 5.28. The number of rotatable bonds is 2. The zero-order valence-electron chi connectivity index (χ0n) is 9.37. The second-order valence-electron chi connectivity index (χ2n) is 3.29. The van der Waals surface area contributed by atoms with Gasteiger partial charge in [-0.15, -0.1) is 0 Å². The van der Waals surface area contributed by atoms with Crippen LogP contribution in [-0.4, -0.2) is 0 Å². The molecule has 0 saturated heterocycles. The Morgan fingerprint density at radius 1 is 0.867 bits per heavy atom. The second kappa shape index (κ2) is 8.51. The van der Waals surface area contributed by atoms with Crippen molar-refractivity contribution in [3.63, 3.8) is 0 Å². The van der Waals surface area contributed by atoms with Crippen molar-refractivity contribution < 1.29 is 16.8 Å². The molecule has 0 aliphatic carbocycles. The molecule has 0 fully saturated rings. The van der Waals surface area contributed by atoms with Gasteiger partial charge >= 0.3 is 16.8 Å². The normalized spacial score (nSPS) is 8.67. The van der Waals surface area contributed by atoms with Gasteiger partial charge in [-0.1, -0.05) is 26.7 Å². The molecule has 0 nitrogen and oxygen atoms in total. The van der Waals surface area contributed by atoms with Crippen LogP contribution in [0.15, 0.2) is 48.5 Å². The third kappa shape index (κ3) is 5.60. The Balaban J connectivity index is 0.000000245. The summed E-state index contributed by atoms with van der Waals surface area (Å²) in [6.45, 7) is 4.32. The van der Waals surface area contributed by atoms with E-state index in [9.17, 15) is 0 Å². The van der Waals surface area contributed by atoms with Crippen molar-refractivity contribution in [2.45, 2.75) is 26.7 Å². The molecule has 2 aromatic rings. The molecule has 0 saturated carbocycles. The standard InChI is InChI=1S/2C7H9.Co/c2*1-2-7-5-3-4-6-7;/h2*3-6H,2H2,1H3;/q2*-1;+2. The van der Waals surface area contributed by atoms with E-state index in [1.54, 1.807) is 0 Å². The zero-order chi connectivity index (χ0) is 10.2. The number of aryl methyl sites for hydroxylation is 2. The summed E-state index contributed by atoms with van der Waals surface area (Å²) in [5.41, 5.74) is 2.86. The molecule has 0 heterocycles. The molecule has 83 valence electrons. The van der Waals surface area contributed by atoms with Crippen LogP contribution >= 0.6 is 0 Å². The minimum atomic E-state index is 0. The summed E-state index contributed by atoms with van der Waals surface area (Å²) >= 11 is 0. The largest absolute Gasteiger partial charge is 2.00 e. The molecule has 0 aliphatic heterocycles. The molecule has 2 aromatic carbocycles. The van der Waals surface area contributed by atoms with Crippen LogP contribution in [0.25, 0.3) is 0 Å². The average Bonchev–Trinajstić information content (AvgIpc) is 2.92. The molecule has 0 amide bonds. The van der Waals surface area contributed by atoms with E-state index in [2.05, 4.69) is 62.4 Å². The van der Waals surface area contributed by atoms with Gasteiger partial charge in [0.15, 0.2) is 0 Å². The molecule has 0 N–H and O–H groups in total. The molecule has 0 aliphatic rings. The molecule has 1 heteroatoms. The Kier molecular flexibility index (Phi) is 8.06. The molecule has 2 rings (SSSR count). The van der Waals surface area contributed by atoms with Crippen LogP contribution in [0.2, 0.25) is 0 Å². The van der Waals surface area contributed by atoms with Gasteiger partial charge < -0.3 is 0 Å². The summed E-state index contributed by atoms with van der Waals surface area (Å²) in [5.74, 6) is 0. The first-order chi connectivity index (χ1) is 6.86. The van der Waals surface area contributed by atoms with E-state index in [1.807, 2.05) is 0 Å². The van der Waals surface area contributed by atoms with E-state index in [1.165, 1.54) is 11.1 Å². The first-order valence-electron chi connectivity index (χ1n) is 5.28. The maximum Gasteiger partial charge on any atom is 2.00 e. The van der Waals surface area contributed by atoms with Gasteiger partial charge in [-0.3, -0.25) is 0 Å². The average molecular weight is 245 g/mol. The number of hydrogen-bond acceptors (Lipinski definition) is 0. The summed E-state index contributed by atoms with van der Waals surface area (Å²) in [4.78, 5) is 0. The van der Waals surface area contributed by atoms with Crippen molar-refractivity contribution in [1.29, 1.82) is 0 Å². The van der Waals surface area contributed by atoms with E-state index >= 15 is 0 Å². The fourth-order valence-electron chi connectivity index (χ4n) is 1.30. The molecule has 1 radical (unpaired) electrons. The van der Waals surface area contributed by atoms with E-state index in [-0.39, 0.29) is 16.8 Å². The molecule has 0 spiro atoms. The van der Waals surface area contributed by atoms with Crippen LogP contribution < -0.4 is 0 Å². The fourth-order valence-corrected chi connectivity index (χ4v) is 1.30. The quantitative estimate of drug-likeness (QED) is 0.703. The fraction of sp³-hybridized carbons (Fsp3) is 0.286. The third-order valence-electron chi connectivity index (χ3n) is 2.28. The topological polar surface area (TPSA) is 0 Å². The summed E-state index contributed by atoms with van der Waals surface area (Å²) in [7, 11) is 0. The summed E-state index contributed by atoms with van der Waals surface area (Å²) in [5, 5.41) is 0. The van der Waals surface area contributed by atoms with Gasteiger partial charge in [0, 0.05) is 0 Å². The molecular weight excluding hydrogens is 227 g/mol. The van der Waals surface area contributed by atoms with Crippen molar-refractivity contribution in [2.75, 3.05) is 0 Å². The van der Waals surface area contributed by atoms with Crippen LogP contribution in [-0.2, 0) is 29.6 Å². The van der Waals surface area contributed by atoms with E-state index < -0.39 is 0 Å². The van der Waals surface area contributed by atoms with Gasteiger partial charge in [0.2, 0.25) is 0 Å². The summed E-state index contributed by atoms with van der Waals surface area (Å²) < 4.78 is 0. The Bertz CT molecular complexity index is 269. The van der Waals surface area contributed by atoms with Crippen LogP contribution in [0.3, 0.4) is 0 Å². The third-order valence-corrected chi connectivity index (χ3v) is 2.28. The second-order valence-corrected chi connectivity index (χ2v) is 3.29. The van der Waals surface area contributed by atoms with Crippen LogP contribution in [0.4, 0.5) is 0 Å². The van der Waals surface area contributed by atoms with Gasteiger partial charge in [-0.25, -0.2) is 24.3 Å². The summed E-state index contributed by atoms with van der Waals surface area (Å²) in [6.07, 6.45) is 2.32. The van der Waals surface area contributed by atoms with E-state index in [4.69, 9.17) is 0 Å². The molecular formula is C14H18Co. The Morgan fingerprint density at radius 3 is 1.40 bits per heavy atom. The van der Waals surface area contributed by atoms with Crippen LogP contribution in [0, 0.1) is 0 Å². The Hall–Kier alpha value is -0.794.